The van der Waals surface area contributed by atoms with E-state index in [4.69, 9.17) is 4.74 Å². The number of amides is 4. The molecule has 1 N–H and O–H groups in total. The summed E-state index contributed by atoms with van der Waals surface area (Å²) in [5.74, 6) is -7.38. The zero-order valence-corrected chi connectivity index (χ0v) is 28.2. The number of hydrogen-bond acceptors (Lipinski definition) is 7. The van der Waals surface area contributed by atoms with Crippen molar-refractivity contribution in [3.8, 4) is 11.1 Å². The summed E-state index contributed by atoms with van der Waals surface area (Å²) in [5, 5.41) is 7.05. The van der Waals surface area contributed by atoms with Gasteiger partial charge in [0, 0.05) is 56.2 Å². The molecule has 1 atom stereocenters. The Morgan fingerprint density at radius 2 is 1.68 bits per heavy atom. The fourth-order valence-corrected chi connectivity index (χ4v) is 8.29. The number of benzene rings is 2. The number of halogens is 6. The summed E-state index contributed by atoms with van der Waals surface area (Å²) < 4.78 is 92.5. The summed E-state index contributed by atoms with van der Waals surface area (Å²) in [4.78, 5) is 57.4. The molecule has 17 heteroatoms. The normalized spacial score (nSPS) is 24.3. The van der Waals surface area contributed by atoms with Crippen LogP contribution in [0.15, 0.2) is 54.9 Å². The number of urea groups is 1. The van der Waals surface area contributed by atoms with Gasteiger partial charge in [0.25, 0.3) is 11.8 Å². The number of nitrogens with zero attached hydrogens (tertiary/aromatic N) is 5. The van der Waals surface area contributed by atoms with E-state index in [1.807, 2.05) is 10.9 Å². The summed E-state index contributed by atoms with van der Waals surface area (Å²) in [6, 6.07) is 8.40. The molecule has 4 heterocycles. The molecule has 3 aromatic rings. The number of aromatic nitrogens is 2. The maximum atomic E-state index is 14.5. The first-order valence-corrected chi connectivity index (χ1v) is 17.3. The highest BCUT2D eigenvalue weighted by Crippen LogP contribution is 2.57. The number of carbonyl (C=O) groups excluding carboxylic acids is 4. The molecule has 1 saturated carbocycles. The Bertz CT molecular complexity index is 1980. The van der Waals surface area contributed by atoms with E-state index >= 15 is 0 Å². The maximum absolute atomic E-state index is 14.5. The van der Waals surface area contributed by atoms with Crippen molar-refractivity contribution in [2.24, 2.45) is 0 Å². The average Bonchev–Trinajstić information content (AvgIpc) is 3.74. The van der Waals surface area contributed by atoms with Gasteiger partial charge in [-0.3, -0.25) is 28.9 Å². The number of likely N-dealkylation sites (tertiary alicyclic amines) is 1. The molecule has 1 spiro atoms. The topological polar surface area (TPSA) is 117 Å². The lowest BCUT2D eigenvalue weighted by atomic mass is 9.71. The summed E-state index contributed by atoms with van der Waals surface area (Å²) in [7, 11) is 0. The van der Waals surface area contributed by atoms with Crippen molar-refractivity contribution < 1.29 is 50.3 Å². The molecule has 53 heavy (non-hydrogen) atoms. The molecule has 5 aliphatic rings. The Hall–Kier alpha value is -4.77. The van der Waals surface area contributed by atoms with Crippen molar-refractivity contribution in [2.75, 3.05) is 32.8 Å². The maximum Gasteiger partial charge on any atom is 0.412 e. The van der Waals surface area contributed by atoms with Gasteiger partial charge in [-0.25, -0.2) is 18.0 Å². The van der Waals surface area contributed by atoms with Crippen molar-refractivity contribution in [1.82, 2.24) is 29.8 Å². The molecule has 0 bridgehead atoms. The first-order valence-electron chi connectivity index (χ1n) is 17.3. The fourth-order valence-electron chi connectivity index (χ4n) is 8.29. The van der Waals surface area contributed by atoms with Crippen LogP contribution in [-0.2, 0) is 26.4 Å². The van der Waals surface area contributed by atoms with Crippen LogP contribution in [0.2, 0.25) is 0 Å². The number of carbonyl (C=O) groups is 4. The Morgan fingerprint density at radius 3 is 2.30 bits per heavy atom. The van der Waals surface area contributed by atoms with E-state index in [-0.39, 0.29) is 27.6 Å². The molecule has 0 radical (unpaired) electrons. The molecular weight excluding hydrogens is 710 g/mol. The summed E-state index contributed by atoms with van der Waals surface area (Å²) >= 11 is 0. The minimum Gasteiger partial charge on any atom is -0.378 e. The summed E-state index contributed by atoms with van der Waals surface area (Å²) in [6.45, 7) is 1.30. The number of nitrogens with one attached hydrogen (secondary N) is 1. The number of rotatable bonds is 8. The van der Waals surface area contributed by atoms with Crippen molar-refractivity contribution in [3.63, 3.8) is 0 Å². The van der Waals surface area contributed by atoms with Crippen molar-refractivity contribution in [1.29, 1.82) is 0 Å². The van der Waals surface area contributed by atoms with Gasteiger partial charge in [-0.1, -0.05) is 24.3 Å². The highest BCUT2D eigenvalue weighted by atomic mass is 19.4. The second kappa shape index (κ2) is 12.4. The predicted molar refractivity (Wildman–Crippen MR) is 173 cm³/mol. The van der Waals surface area contributed by atoms with E-state index in [0.717, 1.165) is 69.0 Å². The molecule has 2 aliphatic carbocycles. The number of piperidine rings is 1. The van der Waals surface area contributed by atoms with E-state index in [2.05, 4.69) is 15.3 Å². The fraction of sp³-hybridized carbons (Fsp3) is 0.472. The zero-order chi connectivity index (χ0) is 37.5. The number of imide groups is 1. The molecule has 3 aliphatic heterocycles. The number of hydrogen-bond donors (Lipinski definition) is 1. The largest absolute Gasteiger partial charge is 0.412 e. The first-order chi connectivity index (χ1) is 25.1. The Balaban J connectivity index is 1.02. The van der Waals surface area contributed by atoms with Crippen LogP contribution in [0.3, 0.4) is 0 Å². The van der Waals surface area contributed by atoms with E-state index in [9.17, 15) is 45.5 Å². The number of Topliss-reactive ketones (excluding diaryl/α,β-unsaturated/α-hetero) is 1. The monoisotopic (exact) mass is 744 g/mol. The molecule has 11 nitrogen and oxygen atoms in total. The lowest BCUT2D eigenvalue weighted by Crippen LogP contribution is -2.71. The van der Waals surface area contributed by atoms with Crippen LogP contribution < -0.4 is 5.32 Å². The van der Waals surface area contributed by atoms with Gasteiger partial charge in [-0.2, -0.15) is 18.3 Å². The van der Waals surface area contributed by atoms with Gasteiger partial charge in [-0.05, 0) is 47.7 Å². The summed E-state index contributed by atoms with van der Waals surface area (Å²) in [5.41, 5.74) is -3.53. The van der Waals surface area contributed by atoms with Gasteiger partial charge >= 0.3 is 12.2 Å². The highest BCUT2D eigenvalue weighted by molar-refractivity contribution is 6.17. The standard InChI is InChI=1S/C36H34F6N6O5/c37-24-4-1-21(2-5-24)14-47(33(36(40,41)42)19-34(38,39)20-33)30(50)16-46-31(51)35(44-32(46)52)12-29(49)27-11-22(3-6-28(27)35)23-13-43-48(15-23)25-7-9-45(10-8-25)26-17-53-18-26/h1-6,11,13,15,25-26H,7-10,12,14,16-20H2,(H,44,52)/t35-/m0/s1. The van der Waals surface area contributed by atoms with Crippen LogP contribution in [0.25, 0.3) is 11.1 Å². The van der Waals surface area contributed by atoms with Crippen LogP contribution in [-0.4, -0.2) is 105 Å². The second-order valence-electron chi connectivity index (χ2n) is 14.6. The van der Waals surface area contributed by atoms with Crippen molar-refractivity contribution in [3.05, 3.63) is 77.4 Å². The zero-order valence-electron chi connectivity index (χ0n) is 28.2. The number of alkyl halides is 5. The van der Waals surface area contributed by atoms with Crippen LogP contribution in [0, 0.1) is 5.82 Å². The lowest BCUT2D eigenvalue weighted by Gasteiger charge is -2.54. The minimum absolute atomic E-state index is 0.00814. The molecule has 2 aromatic carbocycles. The van der Waals surface area contributed by atoms with E-state index < -0.39 is 85.0 Å². The molecule has 280 valence electrons. The molecular formula is C36H34F6N6O5. The van der Waals surface area contributed by atoms with E-state index in [1.165, 1.54) is 6.07 Å². The second-order valence-corrected chi connectivity index (χ2v) is 14.6. The quantitative estimate of drug-likeness (QED) is 0.260. The third kappa shape index (κ3) is 5.88. The Morgan fingerprint density at radius 1 is 0.981 bits per heavy atom. The summed E-state index contributed by atoms with van der Waals surface area (Å²) in [6.07, 6.45) is -3.85. The van der Waals surface area contributed by atoms with Crippen molar-refractivity contribution >= 4 is 23.6 Å². The van der Waals surface area contributed by atoms with E-state index in [0.29, 0.717) is 16.5 Å². The average molecular weight is 745 g/mol. The Labute approximate surface area is 298 Å². The van der Waals surface area contributed by atoms with E-state index in [1.54, 1.807) is 18.3 Å². The lowest BCUT2D eigenvalue weighted by molar-refractivity contribution is -0.307. The molecule has 0 unspecified atom stereocenters. The third-order valence-electron chi connectivity index (χ3n) is 11.3. The van der Waals surface area contributed by atoms with Gasteiger partial charge in [0.15, 0.2) is 11.3 Å². The molecule has 4 amide bonds. The molecule has 3 saturated heterocycles. The number of ketones is 1. The van der Waals surface area contributed by atoms with Gasteiger partial charge < -0.3 is 15.0 Å². The number of ether oxygens (including phenoxy) is 1. The molecule has 4 fully saturated rings. The van der Waals surface area contributed by atoms with Crippen LogP contribution >= 0.6 is 0 Å². The number of fused-ring (bicyclic) bond motifs is 2. The van der Waals surface area contributed by atoms with Crippen LogP contribution in [0.1, 0.15) is 59.6 Å². The smallest absolute Gasteiger partial charge is 0.378 e. The molecule has 1 aromatic heterocycles. The third-order valence-corrected chi connectivity index (χ3v) is 11.3. The van der Waals surface area contributed by atoms with Crippen LogP contribution in [0.4, 0.5) is 31.1 Å². The van der Waals surface area contributed by atoms with Gasteiger partial charge in [0.1, 0.15) is 17.9 Å². The first kappa shape index (κ1) is 35.3. The van der Waals surface area contributed by atoms with Crippen LogP contribution in [0.5, 0.6) is 0 Å². The molecule has 8 rings (SSSR count). The SMILES string of the molecule is O=C1C[C@]2(NC(=O)N(CC(=O)N(Cc3ccc(F)cc3)C3(C(F)(F)F)CC(F)(F)C3)C2=O)c2ccc(-c3cnn(C4CCN(C5COC5)CC4)c3)cc21. The minimum atomic E-state index is -5.31. The Kier molecular flexibility index (Phi) is 8.25. The van der Waals surface area contributed by atoms with Gasteiger partial charge in [0.05, 0.1) is 31.5 Å². The predicted octanol–water partition coefficient (Wildman–Crippen LogP) is 4.82. The van der Waals surface area contributed by atoms with Gasteiger partial charge in [-0.15, -0.1) is 0 Å². The highest BCUT2D eigenvalue weighted by Gasteiger charge is 2.73. The van der Waals surface area contributed by atoms with Crippen molar-refractivity contribution in [2.45, 2.75) is 73.9 Å². The van der Waals surface area contributed by atoms with Gasteiger partial charge in [0.2, 0.25) is 5.91 Å².